The molecule has 0 fully saturated rings. The molecule has 3 aromatic heterocycles. The Hall–Kier alpha value is -1.66. The first kappa shape index (κ1) is 17.2. The topological polar surface area (TPSA) is 71.6 Å². The Kier molecular flexibility index (Phi) is 4.78. The lowest BCUT2D eigenvalue weighted by atomic mass is 10.2. The maximum atomic E-state index is 12.9. The molecule has 0 saturated carbocycles. The number of hydrogen-bond acceptors (Lipinski definition) is 7. The molecular weight excluding hydrogens is 384 g/mol. The van der Waals surface area contributed by atoms with Crippen molar-refractivity contribution in [2.75, 3.05) is 0 Å². The molecule has 0 aromatic carbocycles. The van der Waals surface area contributed by atoms with Crippen molar-refractivity contribution in [1.82, 2.24) is 13.9 Å². The van der Waals surface area contributed by atoms with Crippen LogP contribution >= 0.6 is 46.2 Å². The Morgan fingerprint density at radius 2 is 2.25 bits per heavy atom. The molecule has 0 atom stereocenters. The van der Waals surface area contributed by atoms with Crippen molar-refractivity contribution in [3.8, 4) is 6.07 Å². The normalized spacial score (nSPS) is 10.9. The smallest absolute Gasteiger partial charge is 0.263 e. The highest BCUT2D eigenvalue weighted by Gasteiger charge is 2.20. The summed E-state index contributed by atoms with van der Waals surface area (Å²) in [6.45, 7) is 7.96. The third-order valence-electron chi connectivity index (χ3n) is 3.48. The van der Waals surface area contributed by atoms with E-state index in [1.54, 1.807) is 10.6 Å². The summed E-state index contributed by atoms with van der Waals surface area (Å²) in [7, 11) is 0. The number of hydrogen-bond donors (Lipinski definition) is 0. The van der Waals surface area contributed by atoms with Gasteiger partial charge in [0, 0.05) is 11.4 Å². The van der Waals surface area contributed by atoms with Gasteiger partial charge in [-0.15, -0.1) is 17.9 Å². The first-order chi connectivity index (χ1) is 11.5. The number of nitrogens with zero attached hydrogens (tertiary/aromatic N) is 4. The molecule has 0 aliphatic carbocycles. The molecule has 9 heteroatoms. The van der Waals surface area contributed by atoms with E-state index in [1.807, 2.05) is 19.9 Å². The van der Waals surface area contributed by atoms with Crippen molar-refractivity contribution < 1.29 is 0 Å². The lowest BCUT2D eigenvalue weighted by molar-refractivity contribution is 0.673. The van der Waals surface area contributed by atoms with Gasteiger partial charge in [0.25, 0.3) is 5.56 Å². The van der Waals surface area contributed by atoms with Crippen LogP contribution in [0.25, 0.3) is 10.2 Å². The summed E-state index contributed by atoms with van der Waals surface area (Å²) in [6.07, 6.45) is 1.65. The highest BCUT2D eigenvalue weighted by atomic mass is 35.5. The highest BCUT2D eigenvalue weighted by molar-refractivity contribution is 8.01. The number of aryl methyl sites for hydroxylation is 2. The molecular formula is C15H11ClN4OS3. The van der Waals surface area contributed by atoms with E-state index in [2.05, 4.69) is 15.9 Å². The van der Waals surface area contributed by atoms with E-state index in [1.165, 1.54) is 23.1 Å². The van der Waals surface area contributed by atoms with Crippen molar-refractivity contribution >= 4 is 56.4 Å². The standard InChI is InChI=1S/C15H11ClN4OS3/c1-4-5-20-13(21)10-7(2)8(3)22-12(10)18-15(20)23-14-9(6-17)11(16)19-24-14/h4H,1,5H2,2-3H3. The zero-order valence-corrected chi connectivity index (χ0v) is 16.0. The van der Waals surface area contributed by atoms with E-state index in [-0.39, 0.29) is 10.7 Å². The van der Waals surface area contributed by atoms with Gasteiger partial charge in [0.2, 0.25) is 0 Å². The molecule has 122 valence electrons. The maximum absolute atomic E-state index is 12.9. The minimum Gasteiger partial charge on any atom is -0.283 e. The molecule has 0 aliphatic rings. The van der Waals surface area contributed by atoms with Crippen LogP contribution in [0.3, 0.4) is 0 Å². The highest BCUT2D eigenvalue weighted by Crippen LogP contribution is 2.37. The Morgan fingerprint density at radius 3 is 2.92 bits per heavy atom. The van der Waals surface area contributed by atoms with Crippen molar-refractivity contribution in [3.63, 3.8) is 0 Å². The van der Waals surface area contributed by atoms with E-state index in [4.69, 9.17) is 11.6 Å². The summed E-state index contributed by atoms with van der Waals surface area (Å²) in [6, 6.07) is 2.04. The number of allylic oxidation sites excluding steroid dienone is 1. The van der Waals surface area contributed by atoms with Gasteiger partial charge < -0.3 is 0 Å². The Bertz CT molecular complexity index is 1060. The SMILES string of the molecule is C=CCn1c(Sc2snc(Cl)c2C#N)nc2sc(C)c(C)c2c1=O. The van der Waals surface area contributed by atoms with E-state index in [0.717, 1.165) is 22.0 Å². The van der Waals surface area contributed by atoms with E-state index in [9.17, 15) is 10.1 Å². The minimum atomic E-state index is -0.0987. The number of rotatable bonds is 4. The number of nitriles is 1. The number of aromatic nitrogens is 3. The van der Waals surface area contributed by atoms with Crippen LogP contribution in [-0.2, 0) is 6.54 Å². The molecule has 0 spiro atoms. The van der Waals surface area contributed by atoms with E-state index < -0.39 is 0 Å². The number of fused-ring (bicyclic) bond motifs is 1. The van der Waals surface area contributed by atoms with Gasteiger partial charge in [-0.1, -0.05) is 17.7 Å². The third kappa shape index (κ3) is 2.78. The Labute approximate surface area is 155 Å². The summed E-state index contributed by atoms with van der Waals surface area (Å²) in [5.41, 5.74) is 1.17. The second-order valence-electron chi connectivity index (χ2n) is 4.91. The van der Waals surface area contributed by atoms with Crippen molar-refractivity contribution in [2.24, 2.45) is 0 Å². The van der Waals surface area contributed by atoms with Gasteiger partial charge in [-0.05, 0) is 42.7 Å². The fourth-order valence-electron chi connectivity index (χ4n) is 2.18. The molecule has 0 bridgehead atoms. The van der Waals surface area contributed by atoms with E-state index in [0.29, 0.717) is 31.7 Å². The van der Waals surface area contributed by atoms with Gasteiger partial charge in [0.1, 0.15) is 20.7 Å². The fourth-order valence-corrected chi connectivity index (χ4v) is 5.40. The summed E-state index contributed by atoms with van der Waals surface area (Å²) in [4.78, 5) is 19.3. The summed E-state index contributed by atoms with van der Waals surface area (Å²) < 4.78 is 6.18. The molecule has 0 aliphatic heterocycles. The molecule has 3 heterocycles. The molecule has 5 nitrogen and oxygen atoms in total. The van der Waals surface area contributed by atoms with Crippen LogP contribution in [0.4, 0.5) is 0 Å². The maximum Gasteiger partial charge on any atom is 0.263 e. The van der Waals surface area contributed by atoms with Crippen LogP contribution in [0, 0.1) is 25.2 Å². The van der Waals surface area contributed by atoms with Crippen molar-refractivity contribution in [2.45, 2.75) is 29.8 Å². The molecule has 0 radical (unpaired) electrons. The third-order valence-corrected chi connectivity index (χ3v) is 6.96. The minimum absolute atomic E-state index is 0.0987. The molecule has 3 aromatic rings. The first-order valence-electron chi connectivity index (χ1n) is 6.82. The van der Waals surface area contributed by atoms with E-state index >= 15 is 0 Å². The molecule has 0 unspecified atom stereocenters. The van der Waals surface area contributed by atoms with Crippen LogP contribution in [0.15, 0.2) is 26.8 Å². The number of thiophene rings is 1. The summed E-state index contributed by atoms with van der Waals surface area (Å²) >= 11 is 9.77. The van der Waals surface area contributed by atoms with Crippen molar-refractivity contribution in [3.05, 3.63) is 44.2 Å². The van der Waals surface area contributed by atoms with Gasteiger partial charge >= 0.3 is 0 Å². The van der Waals surface area contributed by atoms with Crippen LogP contribution in [0.2, 0.25) is 5.15 Å². The van der Waals surface area contributed by atoms with Gasteiger partial charge in [-0.2, -0.15) is 9.64 Å². The predicted molar refractivity (Wildman–Crippen MR) is 99.5 cm³/mol. The van der Waals surface area contributed by atoms with Crippen LogP contribution < -0.4 is 5.56 Å². The molecule has 3 rings (SSSR count). The van der Waals surface area contributed by atoms with Gasteiger partial charge in [0.05, 0.1) is 5.39 Å². The van der Waals surface area contributed by atoms with Gasteiger partial charge in [-0.3, -0.25) is 9.36 Å². The lowest BCUT2D eigenvalue weighted by Gasteiger charge is -2.09. The largest absolute Gasteiger partial charge is 0.283 e. The number of halogens is 1. The fraction of sp³-hybridized carbons (Fsp3) is 0.200. The monoisotopic (exact) mass is 394 g/mol. The summed E-state index contributed by atoms with van der Waals surface area (Å²) in [5, 5.41) is 10.5. The molecule has 0 N–H and O–H groups in total. The van der Waals surface area contributed by atoms with Crippen molar-refractivity contribution in [1.29, 1.82) is 5.26 Å². The predicted octanol–water partition coefficient (Wildman–Crippen LogP) is 4.39. The quantitative estimate of drug-likeness (QED) is 0.484. The average molecular weight is 395 g/mol. The van der Waals surface area contributed by atoms with Crippen LogP contribution in [-0.4, -0.2) is 13.9 Å². The Balaban J connectivity index is 2.23. The zero-order valence-electron chi connectivity index (χ0n) is 12.8. The second-order valence-corrected chi connectivity index (χ2v) is 8.48. The second kappa shape index (κ2) is 6.69. The van der Waals surface area contributed by atoms with Crippen LogP contribution in [0.5, 0.6) is 0 Å². The first-order valence-corrected chi connectivity index (χ1v) is 9.61. The molecule has 24 heavy (non-hydrogen) atoms. The Morgan fingerprint density at radius 1 is 1.50 bits per heavy atom. The van der Waals surface area contributed by atoms with Crippen LogP contribution in [0.1, 0.15) is 16.0 Å². The molecule has 0 amide bonds. The van der Waals surface area contributed by atoms with Gasteiger partial charge in [-0.25, -0.2) is 4.98 Å². The summed E-state index contributed by atoms with van der Waals surface area (Å²) in [5.74, 6) is 0. The zero-order chi connectivity index (χ0) is 17.4. The average Bonchev–Trinajstić information content (AvgIpc) is 3.03. The lowest BCUT2D eigenvalue weighted by Crippen LogP contribution is -2.22. The molecule has 0 saturated heterocycles. The van der Waals surface area contributed by atoms with Gasteiger partial charge in [0.15, 0.2) is 10.3 Å².